The first-order valence-electron chi connectivity index (χ1n) is 8.70. The van der Waals surface area contributed by atoms with E-state index in [2.05, 4.69) is 16.3 Å². The summed E-state index contributed by atoms with van der Waals surface area (Å²) < 4.78 is 29.4. The molecule has 0 bridgehead atoms. The Morgan fingerprint density at radius 3 is 2.91 bits per heavy atom. The van der Waals surface area contributed by atoms with Gasteiger partial charge in [0.2, 0.25) is 0 Å². The average molecular weight is 356 g/mol. The Kier molecular flexibility index (Phi) is 4.28. The van der Waals surface area contributed by atoms with Crippen molar-refractivity contribution in [2.24, 2.45) is 5.92 Å². The number of hydrogen-bond acceptors (Lipinski definition) is 5. The van der Waals surface area contributed by atoms with Gasteiger partial charge < -0.3 is 9.64 Å². The zero-order chi connectivity index (χ0) is 15.9. The fraction of sp³-hybridized carbons (Fsp3) is 0.765. The van der Waals surface area contributed by atoms with E-state index in [1.54, 1.807) is 0 Å². The van der Waals surface area contributed by atoms with Crippen molar-refractivity contribution in [2.45, 2.75) is 37.7 Å². The number of likely N-dealkylation sites (tertiary alicyclic amines) is 1. The molecule has 0 aliphatic carbocycles. The maximum absolute atomic E-state index is 11.6. The predicted molar refractivity (Wildman–Crippen MR) is 92.7 cm³/mol. The summed E-state index contributed by atoms with van der Waals surface area (Å²) in [6.45, 7) is 4.02. The summed E-state index contributed by atoms with van der Waals surface area (Å²) in [7, 11) is -2.74. The molecule has 0 radical (unpaired) electrons. The molecule has 1 spiro atoms. The van der Waals surface area contributed by atoms with Crippen molar-refractivity contribution in [1.82, 2.24) is 4.90 Å². The highest BCUT2D eigenvalue weighted by atomic mass is 32.2. The van der Waals surface area contributed by atoms with Crippen LogP contribution in [0.25, 0.3) is 0 Å². The minimum atomic E-state index is -2.74. The van der Waals surface area contributed by atoms with Gasteiger partial charge in [-0.15, -0.1) is 11.3 Å². The number of thiophene rings is 1. The van der Waals surface area contributed by atoms with Crippen molar-refractivity contribution in [1.29, 1.82) is 0 Å². The summed E-state index contributed by atoms with van der Waals surface area (Å²) in [4.78, 5) is 4.01. The van der Waals surface area contributed by atoms with Crippen molar-refractivity contribution in [3.8, 4) is 0 Å². The topological polar surface area (TPSA) is 46.6 Å². The molecule has 2 saturated heterocycles. The molecule has 0 saturated carbocycles. The molecule has 4 nitrogen and oxygen atoms in total. The predicted octanol–water partition coefficient (Wildman–Crippen LogP) is 2.44. The largest absolute Gasteiger partial charge is 0.370 e. The number of sulfone groups is 1. The van der Waals surface area contributed by atoms with Gasteiger partial charge in [-0.25, -0.2) is 8.42 Å². The van der Waals surface area contributed by atoms with Gasteiger partial charge in [-0.05, 0) is 55.2 Å². The van der Waals surface area contributed by atoms with Crippen LogP contribution in [0.5, 0.6) is 0 Å². The molecule has 4 rings (SSSR count). The molecule has 1 atom stereocenters. The highest BCUT2D eigenvalue weighted by Gasteiger charge is 2.41. The number of hydrogen-bond donors (Lipinski definition) is 0. The zero-order valence-electron chi connectivity index (χ0n) is 13.5. The first-order valence-corrected chi connectivity index (χ1v) is 11.4. The van der Waals surface area contributed by atoms with Crippen molar-refractivity contribution in [3.63, 3.8) is 0 Å². The van der Waals surface area contributed by atoms with Gasteiger partial charge in [-0.3, -0.25) is 0 Å². The van der Waals surface area contributed by atoms with E-state index in [1.807, 2.05) is 11.3 Å². The Labute approximate surface area is 142 Å². The van der Waals surface area contributed by atoms with Crippen LogP contribution >= 0.6 is 11.3 Å². The summed E-state index contributed by atoms with van der Waals surface area (Å²) in [5.41, 5.74) is 1.40. The van der Waals surface area contributed by atoms with E-state index < -0.39 is 9.84 Å². The number of nitrogens with zero attached hydrogens (tertiary/aromatic N) is 1. The quantitative estimate of drug-likeness (QED) is 0.835. The maximum atomic E-state index is 11.6. The highest BCUT2D eigenvalue weighted by molar-refractivity contribution is 7.91. The maximum Gasteiger partial charge on any atom is 0.150 e. The SMILES string of the molecule is O=S1(=O)CCC(CCN2CCC3(CC2)OCCc2sccc23)C1. The first kappa shape index (κ1) is 16.1. The third-order valence-corrected chi connectivity index (χ3v) is 8.61. The lowest BCUT2D eigenvalue weighted by Gasteiger charge is -2.44. The average Bonchev–Trinajstić information content (AvgIpc) is 3.14. The fourth-order valence-electron chi connectivity index (χ4n) is 4.37. The first-order chi connectivity index (χ1) is 11.1. The summed E-state index contributed by atoms with van der Waals surface area (Å²) in [6, 6.07) is 2.26. The minimum Gasteiger partial charge on any atom is -0.370 e. The van der Waals surface area contributed by atoms with Crippen molar-refractivity contribution in [3.05, 3.63) is 21.9 Å². The van der Waals surface area contributed by atoms with Gasteiger partial charge in [0.25, 0.3) is 0 Å². The Morgan fingerprint density at radius 2 is 2.17 bits per heavy atom. The van der Waals surface area contributed by atoms with Crippen molar-refractivity contribution >= 4 is 21.2 Å². The molecule has 128 valence electrons. The lowest BCUT2D eigenvalue weighted by molar-refractivity contribution is -0.0973. The normalized spacial score (nSPS) is 29.7. The van der Waals surface area contributed by atoms with Crippen LogP contribution in [0, 0.1) is 5.92 Å². The van der Waals surface area contributed by atoms with Gasteiger partial charge in [-0.2, -0.15) is 0 Å². The molecule has 23 heavy (non-hydrogen) atoms. The Hall–Kier alpha value is -0.430. The standard InChI is InChI=1S/C17H25NO3S2/c19-23(20)12-4-14(13-23)1-7-18-8-5-17(6-9-18)15-3-11-22-16(15)2-10-21-17/h3,11,14H,1-2,4-10,12-13H2. The van der Waals surface area contributed by atoms with Gasteiger partial charge in [0.15, 0.2) is 9.84 Å². The molecular formula is C17H25NO3S2. The van der Waals surface area contributed by atoms with Gasteiger partial charge in [-0.1, -0.05) is 0 Å². The smallest absolute Gasteiger partial charge is 0.150 e. The molecule has 6 heteroatoms. The third-order valence-electron chi connectivity index (χ3n) is 5.79. The lowest BCUT2D eigenvalue weighted by atomic mass is 9.82. The van der Waals surface area contributed by atoms with Crippen LogP contribution in [0.4, 0.5) is 0 Å². The molecule has 4 heterocycles. The van der Waals surface area contributed by atoms with Crippen LogP contribution < -0.4 is 0 Å². The second-order valence-electron chi connectivity index (χ2n) is 7.25. The van der Waals surface area contributed by atoms with Crippen molar-refractivity contribution < 1.29 is 13.2 Å². The van der Waals surface area contributed by atoms with Crippen LogP contribution in [0.2, 0.25) is 0 Å². The van der Waals surface area contributed by atoms with Crippen LogP contribution in [0.3, 0.4) is 0 Å². The van der Waals surface area contributed by atoms with E-state index in [1.165, 1.54) is 10.4 Å². The molecule has 0 amide bonds. The van der Waals surface area contributed by atoms with Gasteiger partial charge in [0.1, 0.15) is 0 Å². The van der Waals surface area contributed by atoms with Gasteiger partial charge in [0.05, 0.1) is 23.7 Å². The molecule has 2 fully saturated rings. The number of ether oxygens (including phenoxy) is 1. The fourth-order valence-corrected chi connectivity index (χ4v) is 7.23. The summed E-state index contributed by atoms with van der Waals surface area (Å²) in [5.74, 6) is 1.19. The number of rotatable bonds is 3. The molecule has 0 N–H and O–H groups in total. The van der Waals surface area contributed by atoms with Crippen LogP contribution in [-0.2, 0) is 26.6 Å². The van der Waals surface area contributed by atoms with E-state index in [4.69, 9.17) is 4.74 Å². The lowest BCUT2D eigenvalue weighted by Crippen LogP contribution is -2.46. The zero-order valence-corrected chi connectivity index (χ0v) is 15.1. The van der Waals surface area contributed by atoms with Gasteiger partial charge in [0, 0.05) is 24.4 Å². The van der Waals surface area contributed by atoms with Gasteiger partial charge >= 0.3 is 0 Å². The van der Waals surface area contributed by atoms with Crippen LogP contribution in [-0.4, -0.2) is 51.1 Å². The van der Waals surface area contributed by atoms with E-state index >= 15 is 0 Å². The van der Waals surface area contributed by atoms with E-state index in [9.17, 15) is 8.42 Å². The highest BCUT2D eigenvalue weighted by Crippen LogP contribution is 2.43. The minimum absolute atomic E-state index is 0.0409. The molecule has 3 aliphatic rings. The van der Waals surface area contributed by atoms with E-state index in [-0.39, 0.29) is 5.60 Å². The Balaban J connectivity index is 1.32. The van der Waals surface area contributed by atoms with Crippen LogP contribution in [0.15, 0.2) is 11.4 Å². The second-order valence-corrected chi connectivity index (χ2v) is 10.5. The van der Waals surface area contributed by atoms with Crippen LogP contribution in [0.1, 0.15) is 36.1 Å². The summed E-state index contributed by atoms with van der Waals surface area (Å²) in [5, 5.41) is 2.20. The van der Waals surface area contributed by atoms with Crippen molar-refractivity contribution in [2.75, 3.05) is 37.7 Å². The monoisotopic (exact) mass is 355 g/mol. The van der Waals surface area contributed by atoms with E-state index in [0.29, 0.717) is 17.4 Å². The molecule has 1 aromatic heterocycles. The Morgan fingerprint density at radius 1 is 1.35 bits per heavy atom. The summed E-state index contributed by atoms with van der Waals surface area (Å²) >= 11 is 1.87. The summed E-state index contributed by atoms with van der Waals surface area (Å²) in [6.07, 6.45) is 5.09. The molecule has 0 aromatic carbocycles. The molecule has 1 unspecified atom stereocenters. The number of piperidine rings is 1. The molecule has 3 aliphatic heterocycles. The Bertz CT molecular complexity index is 659. The number of fused-ring (bicyclic) bond motifs is 2. The second kappa shape index (κ2) is 6.14. The van der Waals surface area contributed by atoms with E-state index in [0.717, 1.165) is 58.3 Å². The molecular weight excluding hydrogens is 330 g/mol. The third kappa shape index (κ3) is 3.23. The molecule has 1 aromatic rings.